The molecular formula is C14H15N5O2. The molecule has 0 amide bonds. The van der Waals surface area contributed by atoms with E-state index in [0.717, 1.165) is 36.3 Å². The molecule has 7 nitrogen and oxygen atoms in total. The van der Waals surface area contributed by atoms with Crippen LogP contribution in [0.3, 0.4) is 0 Å². The van der Waals surface area contributed by atoms with Crippen LogP contribution in [0.2, 0.25) is 0 Å². The van der Waals surface area contributed by atoms with Crippen molar-refractivity contribution in [1.82, 2.24) is 20.1 Å². The van der Waals surface area contributed by atoms with Crippen LogP contribution in [-0.2, 0) is 11.3 Å². The number of nitrogens with zero attached hydrogens (tertiary/aromatic N) is 3. The first-order valence-corrected chi connectivity index (χ1v) is 7.00. The Morgan fingerprint density at radius 3 is 3.19 bits per heavy atom. The number of anilines is 1. The monoisotopic (exact) mass is 285 g/mol. The molecule has 3 aromatic heterocycles. The highest BCUT2D eigenvalue weighted by Gasteiger charge is 2.23. The Labute approximate surface area is 120 Å². The third-order valence-corrected chi connectivity index (χ3v) is 3.53. The van der Waals surface area contributed by atoms with Crippen LogP contribution in [0.25, 0.3) is 11.0 Å². The zero-order chi connectivity index (χ0) is 14.1. The van der Waals surface area contributed by atoms with E-state index in [0.29, 0.717) is 18.3 Å². The molecule has 1 aliphatic rings. The van der Waals surface area contributed by atoms with E-state index >= 15 is 0 Å². The Balaban J connectivity index is 1.43. The molecule has 7 heteroatoms. The van der Waals surface area contributed by atoms with Gasteiger partial charge >= 0.3 is 0 Å². The van der Waals surface area contributed by atoms with Crippen molar-refractivity contribution in [2.75, 3.05) is 11.9 Å². The van der Waals surface area contributed by atoms with Gasteiger partial charge in [-0.1, -0.05) is 5.16 Å². The first kappa shape index (κ1) is 12.3. The average molecular weight is 285 g/mol. The van der Waals surface area contributed by atoms with Gasteiger partial charge in [0.1, 0.15) is 17.6 Å². The number of hydrogen-bond acceptors (Lipinski definition) is 6. The molecular weight excluding hydrogens is 270 g/mol. The minimum atomic E-state index is -0.0420. The van der Waals surface area contributed by atoms with Crippen molar-refractivity contribution in [2.24, 2.45) is 0 Å². The zero-order valence-electron chi connectivity index (χ0n) is 11.4. The van der Waals surface area contributed by atoms with Gasteiger partial charge in [0.05, 0.1) is 6.54 Å². The third kappa shape index (κ3) is 2.47. The lowest BCUT2D eigenvalue weighted by Crippen LogP contribution is -2.03. The summed E-state index contributed by atoms with van der Waals surface area (Å²) in [7, 11) is 0. The largest absolute Gasteiger partial charge is 0.368 e. The predicted octanol–water partition coefficient (Wildman–Crippen LogP) is 2.41. The molecule has 4 heterocycles. The van der Waals surface area contributed by atoms with Crippen LogP contribution in [0.5, 0.6) is 0 Å². The lowest BCUT2D eigenvalue weighted by Gasteiger charge is -2.02. The van der Waals surface area contributed by atoms with Crippen molar-refractivity contribution in [3.63, 3.8) is 0 Å². The summed E-state index contributed by atoms with van der Waals surface area (Å²) in [6.07, 6.45) is 3.81. The number of H-pyrrole nitrogens is 1. The Morgan fingerprint density at radius 1 is 1.29 bits per heavy atom. The van der Waals surface area contributed by atoms with Crippen LogP contribution in [0, 0.1) is 0 Å². The van der Waals surface area contributed by atoms with Crippen molar-refractivity contribution in [1.29, 1.82) is 0 Å². The van der Waals surface area contributed by atoms with Gasteiger partial charge in [-0.2, -0.15) is 4.98 Å². The minimum absolute atomic E-state index is 0.0420. The van der Waals surface area contributed by atoms with E-state index in [-0.39, 0.29) is 6.10 Å². The summed E-state index contributed by atoms with van der Waals surface area (Å²) in [5.41, 5.74) is 0.855. The third-order valence-electron chi connectivity index (χ3n) is 3.53. The van der Waals surface area contributed by atoms with Gasteiger partial charge in [0.2, 0.25) is 0 Å². The van der Waals surface area contributed by atoms with Gasteiger partial charge in [0.15, 0.2) is 5.82 Å². The van der Waals surface area contributed by atoms with E-state index in [4.69, 9.17) is 9.26 Å². The molecule has 21 heavy (non-hydrogen) atoms. The van der Waals surface area contributed by atoms with Crippen LogP contribution in [0.4, 0.5) is 5.82 Å². The van der Waals surface area contributed by atoms with Gasteiger partial charge in [0.25, 0.3) is 5.89 Å². The summed E-state index contributed by atoms with van der Waals surface area (Å²) < 4.78 is 10.8. The van der Waals surface area contributed by atoms with Crippen molar-refractivity contribution >= 4 is 16.9 Å². The molecule has 1 fully saturated rings. The number of fused-ring (bicyclic) bond motifs is 1. The van der Waals surface area contributed by atoms with Crippen molar-refractivity contribution in [3.05, 3.63) is 36.1 Å². The van der Waals surface area contributed by atoms with E-state index < -0.39 is 0 Å². The van der Waals surface area contributed by atoms with Gasteiger partial charge < -0.3 is 19.6 Å². The summed E-state index contributed by atoms with van der Waals surface area (Å²) in [5, 5.41) is 8.24. The second kappa shape index (κ2) is 5.17. The highest BCUT2D eigenvalue weighted by molar-refractivity contribution is 5.77. The summed E-state index contributed by atoms with van der Waals surface area (Å²) >= 11 is 0. The zero-order valence-corrected chi connectivity index (χ0v) is 11.4. The predicted molar refractivity (Wildman–Crippen MR) is 75.6 cm³/mol. The van der Waals surface area contributed by atoms with Crippen LogP contribution in [-0.4, -0.2) is 26.7 Å². The molecule has 1 unspecified atom stereocenters. The summed E-state index contributed by atoms with van der Waals surface area (Å²) in [5.74, 6) is 1.94. The second-order valence-electron chi connectivity index (χ2n) is 5.02. The molecule has 108 valence electrons. The van der Waals surface area contributed by atoms with Crippen LogP contribution >= 0.6 is 0 Å². The SMILES string of the molecule is c1cc2ccc(NCc3noc(C4CCCO4)n3)nc2[nH]1. The molecule has 1 aliphatic heterocycles. The number of pyridine rings is 1. The standard InChI is InChI=1S/C14H15N5O2/c1-2-10(20-7-1)14-18-12(19-21-14)8-16-11-4-3-9-5-6-15-13(9)17-11/h3-6,10H,1-2,7-8H2,(H2,15,16,17). The first-order valence-electron chi connectivity index (χ1n) is 7.00. The lowest BCUT2D eigenvalue weighted by molar-refractivity contribution is 0.0835. The quantitative estimate of drug-likeness (QED) is 0.765. The molecule has 0 aromatic carbocycles. The van der Waals surface area contributed by atoms with Gasteiger partial charge in [-0.3, -0.25) is 0 Å². The van der Waals surface area contributed by atoms with Crippen molar-refractivity contribution in [2.45, 2.75) is 25.5 Å². The maximum atomic E-state index is 5.52. The maximum absolute atomic E-state index is 5.52. The lowest BCUT2D eigenvalue weighted by atomic mass is 10.2. The normalized spacial score (nSPS) is 18.4. The molecule has 0 saturated carbocycles. The topological polar surface area (TPSA) is 88.9 Å². The Hall–Kier alpha value is -2.41. The number of aromatic nitrogens is 4. The second-order valence-corrected chi connectivity index (χ2v) is 5.02. The minimum Gasteiger partial charge on any atom is -0.368 e. The molecule has 3 aromatic rings. The first-order chi connectivity index (χ1) is 10.4. The van der Waals surface area contributed by atoms with E-state index in [9.17, 15) is 0 Å². The Bertz CT molecular complexity index is 745. The van der Waals surface area contributed by atoms with Crippen LogP contribution in [0.1, 0.15) is 30.7 Å². The maximum Gasteiger partial charge on any atom is 0.255 e. The summed E-state index contributed by atoms with van der Waals surface area (Å²) in [4.78, 5) is 11.9. The molecule has 1 atom stereocenters. The fraction of sp³-hybridized carbons (Fsp3) is 0.357. The van der Waals surface area contributed by atoms with Gasteiger partial charge in [0, 0.05) is 18.2 Å². The highest BCUT2D eigenvalue weighted by Crippen LogP contribution is 2.26. The van der Waals surface area contributed by atoms with E-state index in [1.807, 2.05) is 24.4 Å². The van der Waals surface area contributed by atoms with Gasteiger partial charge in [-0.05, 0) is 31.0 Å². The summed E-state index contributed by atoms with van der Waals surface area (Å²) in [6, 6.07) is 5.92. The fourth-order valence-corrected chi connectivity index (χ4v) is 2.44. The Kier molecular flexibility index (Phi) is 3.04. The Morgan fingerprint density at radius 2 is 2.29 bits per heavy atom. The molecule has 4 rings (SSSR count). The average Bonchev–Trinajstić information content (AvgIpc) is 3.24. The van der Waals surface area contributed by atoms with Crippen LogP contribution in [0.15, 0.2) is 28.9 Å². The fourth-order valence-electron chi connectivity index (χ4n) is 2.44. The van der Waals surface area contributed by atoms with E-state index in [2.05, 4.69) is 25.4 Å². The number of hydrogen-bond donors (Lipinski definition) is 2. The van der Waals surface area contributed by atoms with Crippen molar-refractivity contribution in [3.8, 4) is 0 Å². The van der Waals surface area contributed by atoms with Gasteiger partial charge in [-0.25, -0.2) is 4.98 Å². The molecule has 0 spiro atoms. The number of rotatable bonds is 4. The van der Waals surface area contributed by atoms with Gasteiger partial charge in [-0.15, -0.1) is 0 Å². The molecule has 2 N–H and O–H groups in total. The molecule has 0 bridgehead atoms. The summed E-state index contributed by atoms with van der Waals surface area (Å²) in [6.45, 7) is 1.23. The van der Waals surface area contributed by atoms with Crippen molar-refractivity contribution < 1.29 is 9.26 Å². The molecule has 0 aliphatic carbocycles. The molecule has 1 saturated heterocycles. The number of nitrogens with one attached hydrogen (secondary N) is 2. The molecule has 0 radical (unpaired) electrons. The highest BCUT2D eigenvalue weighted by atomic mass is 16.5. The smallest absolute Gasteiger partial charge is 0.255 e. The van der Waals surface area contributed by atoms with E-state index in [1.54, 1.807) is 0 Å². The van der Waals surface area contributed by atoms with E-state index in [1.165, 1.54) is 0 Å². The number of ether oxygens (including phenoxy) is 1. The van der Waals surface area contributed by atoms with Crippen LogP contribution < -0.4 is 5.32 Å². The number of aromatic amines is 1.